The van der Waals surface area contributed by atoms with Crippen molar-refractivity contribution in [2.24, 2.45) is 0 Å². The summed E-state index contributed by atoms with van der Waals surface area (Å²) in [6.07, 6.45) is 5.21. The number of alkyl carbamates (subject to hydrolysis) is 1. The zero-order chi connectivity index (χ0) is 20.1. The molecule has 2 aromatic rings. The number of hydrogen-bond donors (Lipinski definition) is 2. The number of benzene rings is 1. The van der Waals surface area contributed by atoms with Crippen molar-refractivity contribution < 1.29 is 14.3 Å². The molecule has 2 aliphatic carbocycles. The van der Waals surface area contributed by atoms with Crippen LogP contribution in [0.5, 0.6) is 0 Å². The zero-order valence-corrected chi connectivity index (χ0v) is 16.1. The molecule has 1 aliphatic heterocycles. The largest absolute Gasteiger partial charge is 0.445 e. The van der Waals surface area contributed by atoms with Crippen molar-refractivity contribution in [2.45, 2.75) is 56.2 Å². The summed E-state index contributed by atoms with van der Waals surface area (Å²) in [5.41, 5.74) is 6.96. The standard InChI is InChI=1S/C21H23N5O3/c22-17-15-10-16(27)26(18(15)24-13-23-17)21-8-6-20(12-21,7-9-21)25-19(28)29-11-14-4-2-1-3-5-14/h1-5,13H,6-12H2,(H,25,28)(H2,22,23,24). The summed E-state index contributed by atoms with van der Waals surface area (Å²) < 4.78 is 5.42. The number of ether oxygens (including phenoxy) is 1. The Hall–Kier alpha value is -3.16. The molecule has 0 saturated heterocycles. The van der Waals surface area contributed by atoms with Crippen molar-refractivity contribution in [3.05, 3.63) is 47.8 Å². The van der Waals surface area contributed by atoms with Gasteiger partial charge in [0.15, 0.2) is 0 Å². The highest BCUT2D eigenvalue weighted by molar-refractivity contribution is 6.03. The number of hydrogen-bond acceptors (Lipinski definition) is 6. The van der Waals surface area contributed by atoms with E-state index in [2.05, 4.69) is 15.3 Å². The monoisotopic (exact) mass is 393 g/mol. The number of nitrogens with two attached hydrogens (primary N) is 1. The van der Waals surface area contributed by atoms with E-state index in [4.69, 9.17) is 10.5 Å². The zero-order valence-electron chi connectivity index (χ0n) is 16.1. The first kappa shape index (κ1) is 17.9. The van der Waals surface area contributed by atoms with E-state index in [0.717, 1.165) is 31.2 Å². The molecular weight excluding hydrogens is 370 g/mol. The average molecular weight is 393 g/mol. The summed E-state index contributed by atoms with van der Waals surface area (Å²) in [6, 6.07) is 9.60. The van der Waals surface area contributed by atoms with Crippen molar-refractivity contribution in [1.82, 2.24) is 15.3 Å². The molecule has 29 heavy (non-hydrogen) atoms. The third kappa shape index (κ3) is 2.90. The lowest BCUT2D eigenvalue weighted by Crippen LogP contribution is -2.48. The van der Waals surface area contributed by atoms with Crippen LogP contribution in [-0.2, 0) is 22.6 Å². The topological polar surface area (TPSA) is 110 Å². The second kappa shape index (κ2) is 6.43. The van der Waals surface area contributed by atoms with Crippen molar-refractivity contribution in [2.75, 3.05) is 10.6 Å². The lowest BCUT2D eigenvalue weighted by molar-refractivity contribution is -0.118. The summed E-state index contributed by atoms with van der Waals surface area (Å²) in [4.78, 5) is 35.5. The average Bonchev–Trinajstić information content (AvgIpc) is 3.37. The van der Waals surface area contributed by atoms with Gasteiger partial charge in [0.05, 0.1) is 12.0 Å². The van der Waals surface area contributed by atoms with E-state index in [1.54, 1.807) is 0 Å². The van der Waals surface area contributed by atoms with Gasteiger partial charge in [-0.2, -0.15) is 0 Å². The molecule has 0 radical (unpaired) electrons. The van der Waals surface area contributed by atoms with Crippen LogP contribution >= 0.6 is 0 Å². The van der Waals surface area contributed by atoms with Crippen LogP contribution in [0, 0.1) is 0 Å². The highest BCUT2D eigenvalue weighted by atomic mass is 16.5. The van der Waals surface area contributed by atoms with Crippen LogP contribution in [0.4, 0.5) is 16.4 Å². The molecule has 0 unspecified atom stereocenters. The van der Waals surface area contributed by atoms with Gasteiger partial charge in [0.1, 0.15) is 24.6 Å². The van der Waals surface area contributed by atoms with Crippen molar-refractivity contribution in [1.29, 1.82) is 0 Å². The van der Waals surface area contributed by atoms with Gasteiger partial charge in [0.25, 0.3) is 0 Å². The van der Waals surface area contributed by atoms with E-state index < -0.39 is 6.09 Å². The summed E-state index contributed by atoms with van der Waals surface area (Å²) in [7, 11) is 0. The first-order valence-corrected chi connectivity index (χ1v) is 9.92. The second-order valence-corrected chi connectivity index (χ2v) is 8.34. The number of fused-ring (bicyclic) bond motifs is 3. The van der Waals surface area contributed by atoms with Gasteiger partial charge in [-0.25, -0.2) is 14.8 Å². The third-order valence-electron chi connectivity index (χ3n) is 6.60. The van der Waals surface area contributed by atoms with E-state index in [9.17, 15) is 9.59 Å². The molecule has 2 heterocycles. The fraction of sp³-hybridized carbons (Fsp3) is 0.429. The summed E-state index contributed by atoms with van der Waals surface area (Å²) >= 11 is 0. The maximum atomic E-state index is 12.8. The number of nitrogens with zero attached hydrogens (tertiary/aromatic N) is 3. The van der Waals surface area contributed by atoms with Crippen molar-refractivity contribution >= 4 is 23.6 Å². The molecule has 3 N–H and O–H groups in total. The van der Waals surface area contributed by atoms with Gasteiger partial charge in [0, 0.05) is 11.1 Å². The van der Waals surface area contributed by atoms with Crippen LogP contribution in [0.2, 0.25) is 0 Å². The number of amides is 2. The van der Waals surface area contributed by atoms with Gasteiger partial charge in [0.2, 0.25) is 5.91 Å². The quantitative estimate of drug-likeness (QED) is 0.825. The predicted octanol–water partition coefficient (Wildman–Crippen LogP) is 2.33. The molecular formula is C21H23N5O3. The van der Waals surface area contributed by atoms with Crippen LogP contribution < -0.4 is 16.0 Å². The summed E-state index contributed by atoms with van der Waals surface area (Å²) in [6.45, 7) is 0.238. The Bertz CT molecular complexity index is 970. The molecule has 2 saturated carbocycles. The van der Waals surface area contributed by atoms with Gasteiger partial charge in [-0.05, 0) is 37.7 Å². The summed E-state index contributed by atoms with van der Waals surface area (Å²) in [5, 5.41) is 3.10. The Balaban J connectivity index is 1.30. The predicted molar refractivity (Wildman–Crippen MR) is 106 cm³/mol. The van der Waals surface area contributed by atoms with Crippen LogP contribution in [0.25, 0.3) is 0 Å². The molecule has 1 aromatic heterocycles. The van der Waals surface area contributed by atoms with Crippen LogP contribution in [-0.4, -0.2) is 33.0 Å². The fourth-order valence-corrected chi connectivity index (χ4v) is 5.24. The van der Waals surface area contributed by atoms with Crippen LogP contribution in [0.3, 0.4) is 0 Å². The van der Waals surface area contributed by atoms with Gasteiger partial charge in [-0.1, -0.05) is 30.3 Å². The number of aromatic nitrogens is 2. The third-order valence-corrected chi connectivity index (χ3v) is 6.60. The normalized spacial score (nSPS) is 27.2. The Morgan fingerprint density at radius 2 is 1.93 bits per heavy atom. The fourth-order valence-electron chi connectivity index (χ4n) is 5.24. The number of nitrogen functional groups attached to an aromatic ring is 1. The first-order valence-electron chi connectivity index (χ1n) is 9.92. The summed E-state index contributed by atoms with van der Waals surface area (Å²) in [5.74, 6) is 1.01. The minimum absolute atomic E-state index is 0.0107. The highest BCUT2D eigenvalue weighted by Gasteiger charge is 2.60. The van der Waals surface area contributed by atoms with E-state index in [1.807, 2.05) is 35.2 Å². The molecule has 8 heteroatoms. The minimum atomic E-state index is -0.411. The maximum absolute atomic E-state index is 12.8. The van der Waals surface area contributed by atoms with Crippen LogP contribution in [0.15, 0.2) is 36.7 Å². The molecule has 5 rings (SSSR count). The number of anilines is 2. The van der Waals surface area contributed by atoms with Gasteiger partial charge < -0.3 is 15.8 Å². The molecule has 0 spiro atoms. The molecule has 3 aliphatic rings. The van der Waals surface area contributed by atoms with E-state index in [1.165, 1.54) is 6.33 Å². The highest BCUT2D eigenvalue weighted by Crippen LogP contribution is 2.56. The SMILES string of the molecule is Nc1ncnc2c1CC(=O)N2C12CCC(NC(=O)OCc3ccccc3)(CC1)C2. The van der Waals surface area contributed by atoms with E-state index in [-0.39, 0.29) is 30.0 Å². The lowest BCUT2D eigenvalue weighted by atomic mass is 9.90. The first-order chi connectivity index (χ1) is 14.0. The lowest BCUT2D eigenvalue weighted by Gasteiger charge is -2.36. The second-order valence-electron chi connectivity index (χ2n) is 8.34. The molecule has 1 aromatic carbocycles. The number of carbonyl (C=O) groups excluding carboxylic acids is 2. The molecule has 150 valence electrons. The van der Waals surface area contributed by atoms with Crippen LogP contribution in [0.1, 0.15) is 43.2 Å². The molecule has 2 bridgehead atoms. The maximum Gasteiger partial charge on any atom is 0.407 e. The smallest absolute Gasteiger partial charge is 0.407 e. The molecule has 2 amide bonds. The van der Waals surface area contributed by atoms with Crippen molar-refractivity contribution in [3.63, 3.8) is 0 Å². The molecule has 2 fully saturated rings. The van der Waals surface area contributed by atoms with Gasteiger partial charge in [-0.3, -0.25) is 9.69 Å². The Morgan fingerprint density at radius 1 is 1.17 bits per heavy atom. The Labute approximate surface area is 168 Å². The number of carbonyl (C=O) groups is 2. The van der Waals surface area contributed by atoms with Crippen molar-refractivity contribution in [3.8, 4) is 0 Å². The van der Waals surface area contributed by atoms with Gasteiger partial charge in [-0.15, -0.1) is 0 Å². The number of rotatable bonds is 4. The number of nitrogens with one attached hydrogen (secondary N) is 1. The van der Waals surface area contributed by atoms with Gasteiger partial charge >= 0.3 is 6.09 Å². The minimum Gasteiger partial charge on any atom is -0.445 e. The van der Waals surface area contributed by atoms with E-state index in [0.29, 0.717) is 23.6 Å². The van der Waals surface area contributed by atoms with E-state index >= 15 is 0 Å². The molecule has 8 nitrogen and oxygen atoms in total. The molecule has 0 atom stereocenters. The Morgan fingerprint density at radius 3 is 2.69 bits per heavy atom. The Kier molecular flexibility index (Phi) is 3.97.